The van der Waals surface area contributed by atoms with Crippen LogP contribution in [0.25, 0.3) is 16.7 Å². The fraction of sp³-hybridized carbons (Fsp3) is 0.0645. The molecule has 0 saturated heterocycles. The van der Waals surface area contributed by atoms with Gasteiger partial charge in [-0.25, -0.2) is 0 Å². The van der Waals surface area contributed by atoms with Crippen molar-refractivity contribution in [3.63, 3.8) is 0 Å². The van der Waals surface area contributed by atoms with Crippen molar-refractivity contribution in [3.05, 3.63) is 149 Å². The van der Waals surface area contributed by atoms with Gasteiger partial charge in [0.25, 0.3) is 0 Å². The zero-order valence-corrected chi connectivity index (χ0v) is 21.5. The van der Waals surface area contributed by atoms with E-state index in [0.29, 0.717) is 0 Å². The number of rotatable bonds is 3. The molecule has 0 bridgehead atoms. The summed E-state index contributed by atoms with van der Waals surface area (Å²) in [5, 5.41) is 0. The van der Waals surface area contributed by atoms with Crippen LogP contribution in [0.5, 0.6) is 0 Å². The quantitative estimate of drug-likeness (QED) is 0.312. The fourth-order valence-corrected chi connectivity index (χ4v) is 5.09. The van der Waals surface area contributed by atoms with Crippen LogP contribution in [0.1, 0.15) is 34.2 Å². The zero-order valence-electron chi connectivity index (χ0n) is 18.3. The van der Waals surface area contributed by atoms with Crippen LogP contribution in [0, 0.1) is 6.07 Å². The molecule has 0 fully saturated rings. The van der Waals surface area contributed by atoms with E-state index in [9.17, 15) is 0 Å². The van der Waals surface area contributed by atoms with Gasteiger partial charge in [-0.05, 0) is 18.4 Å². The molecule has 0 N–H and O–H groups in total. The van der Waals surface area contributed by atoms with Gasteiger partial charge in [-0.3, -0.25) is 0 Å². The van der Waals surface area contributed by atoms with Gasteiger partial charge in [0.2, 0.25) is 0 Å². The van der Waals surface area contributed by atoms with Crippen molar-refractivity contribution in [1.82, 2.24) is 0 Å². The minimum atomic E-state index is 0. The van der Waals surface area contributed by atoms with Crippen LogP contribution in [-0.4, -0.2) is 3.21 Å². The van der Waals surface area contributed by atoms with Crippen LogP contribution >= 0.6 is 0 Å². The molecule has 0 radical (unpaired) electrons. The first kappa shape index (κ1) is 23.6. The number of fused-ring (bicyclic) bond motifs is 3. The van der Waals surface area contributed by atoms with E-state index in [1.165, 1.54) is 72.0 Å². The van der Waals surface area contributed by atoms with Gasteiger partial charge in [0.1, 0.15) is 0 Å². The first-order valence-electron chi connectivity index (χ1n) is 11.0. The molecule has 0 spiro atoms. The van der Waals surface area contributed by atoms with Crippen molar-refractivity contribution < 1.29 is 36.6 Å². The van der Waals surface area contributed by atoms with E-state index in [4.69, 9.17) is 0 Å². The maximum absolute atomic E-state index is 3.61. The van der Waals surface area contributed by atoms with Crippen LogP contribution in [0.4, 0.5) is 0 Å². The number of allylic oxidation sites excluding steroid dienone is 4. The van der Waals surface area contributed by atoms with Crippen molar-refractivity contribution >= 4 is 8.78 Å². The van der Waals surface area contributed by atoms with E-state index in [1.54, 1.807) is 0 Å². The fourth-order valence-electron chi connectivity index (χ4n) is 4.27. The molecule has 0 unspecified atom stereocenters. The van der Waals surface area contributed by atoms with Gasteiger partial charge in [0.15, 0.2) is 0 Å². The summed E-state index contributed by atoms with van der Waals surface area (Å²) in [6.45, 7) is 0. The molecule has 158 valence electrons. The molecule has 0 heterocycles. The number of benzene rings is 4. The normalized spacial score (nSPS) is 12.6. The summed E-state index contributed by atoms with van der Waals surface area (Å²) < 4.78 is 1.42. The van der Waals surface area contributed by atoms with Gasteiger partial charge in [-0.15, -0.1) is 41.0 Å². The summed E-state index contributed by atoms with van der Waals surface area (Å²) in [5.41, 5.74) is 10.8. The SMILES string of the molecule is [Cl-].[Zr+2]=[C](c1ccccc1)c1ccccc1.[c-]1c(C2=CC=CC2)ccc2c1Cc1ccccc1-2. The summed E-state index contributed by atoms with van der Waals surface area (Å²) >= 11 is 1.46. The zero-order chi connectivity index (χ0) is 21.8. The summed E-state index contributed by atoms with van der Waals surface area (Å²) in [6.07, 6.45) is 8.60. The Balaban J connectivity index is 0.000000158. The Kier molecular flexibility index (Phi) is 7.86. The van der Waals surface area contributed by atoms with Gasteiger partial charge >= 0.3 is 99.2 Å². The Morgan fingerprint density at radius 2 is 1.33 bits per heavy atom. The predicted octanol–water partition coefficient (Wildman–Crippen LogP) is 4.21. The summed E-state index contributed by atoms with van der Waals surface area (Å²) in [4.78, 5) is 0. The minimum Gasteiger partial charge on any atom is -0.147 e. The third-order valence-electron chi connectivity index (χ3n) is 5.94. The molecule has 33 heavy (non-hydrogen) atoms. The van der Waals surface area contributed by atoms with Crippen molar-refractivity contribution in [1.29, 1.82) is 0 Å². The molecular formula is C31H23ClZr. The Bertz CT molecular complexity index is 1280. The van der Waals surface area contributed by atoms with Crippen LogP contribution in [0.15, 0.2) is 115 Å². The molecular weight excluding hydrogens is 499 g/mol. The molecule has 2 aliphatic carbocycles. The smallest absolute Gasteiger partial charge is 0.0195 e. The molecule has 0 nitrogen and oxygen atoms in total. The Labute approximate surface area is 217 Å². The van der Waals surface area contributed by atoms with Crippen LogP contribution in [-0.2, 0) is 30.7 Å². The average molecular weight is 522 g/mol. The Hall–Kier alpha value is -2.60. The summed E-state index contributed by atoms with van der Waals surface area (Å²) in [5.74, 6) is 0. The third kappa shape index (κ3) is 5.32. The largest absolute Gasteiger partial charge is 0.147 e. The summed E-state index contributed by atoms with van der Waals surface area (Å²) in [6, 6.07) is 37.8. The average Bonchev–Trinajstić information content (AvgIpc) is 3.53. The van der Waals surface area contributed by atoms with Gasteiger partial charge in [-0.1, -0.05) is 47.5 Å². The Morgan fingerprint density at radius 1 is 0.697 bits per heavy atom. The molecule has 4 aromatic carbocycles. The van der Waals surface area contributed by atoms with E-state index in [2.05, 4.69) is 121 Å². The number of hydrogen-bond acceptors (Lipinski definition) is 0. The van der Waals surface area contributed by atoms with E-state index in [0.717, 1.165) is 12.8 Å². The summed E-state index contributed by atoms with van der Waals surface area (Å²) in [7, 11) is 0. The third-order valence-corrected chi connectivity index (χ3v) is 7.36. The Morgan fingerprint density at radius 3 is 1.97 bits per heavy atom. The molecule has 0 atom stereocenters. The van der Waals surface area contributed by atoms with Crippen molar-refractivity contribution in [3.8, 4) is 11.1 Å². The topological polar surface area (TPSA) is 0 Å². The molecule has 0 aromatic heterocycles. The van der Waals surface area contributed by atoms with Crippen molar-refractivity contribution in [2.24, 2.45) is 0 Å². The maximum Gasteiger partial charge on any atom is -0.0195 e. The number of halogens is 1. The first-order valence-corrected chi connectivity index (χ1v) is 12.2. The second-order valence-electron chi connectivity index (χ2n) is 8.03. The molecule has 2 aliphatic rings. The minimum absolute atomic E-state index is 0. The monoisotopic (exact) mass is 520 g/mol. The standard InChI is InChI=1S/C18H13.C13H10.ClH.Zr/c1-2-6-13(5-1)14-9-10-18-16(11-14)12-15-7-3-4-8-17(15)18;1-3-7-12(8-4-1)11-13-9-5-2-6-10-13;;/h1-5,7-10H,6,12H2;1-10H;1H;/q-1;;;+2/p-1. The molecule has 2 heteroatoms. The molecule has 0 amide bonds. The van der Waals surface area contributed by atoms with Gasteiger partial charge < -0.3 is 12.4 Å². The predicted molar refractivity (Wildman–Crippen MR) is 131 cm³/mol. The van der Waals surface area contributed by atoms with Gasteiger partial charge in [0.05, 0.1) is 0 Å². The molecule has 0 aliphatic heterocycles. The molecule has 4 aromatic rings. The van der Waals surface area contributed by atoms with Gasteiger partial charge in [-0.2, -0.15) is 0 Å². The molecule has 6 rings (SSSR count). The second kappa shape index (κ2) is 11.0. The van der Waals surface area contributed by atoms with Crippen LogP contribution in [0.3, 0.4) is 0 Å². The molecule has 0 saturated carbocycles. The van der Waals surface area contributed by atoms with Crippen LogP contribution < -0.4 is 12.4 Å². The van der Waals surface area contributed by atoms with Crippen molar-refractivity contribution in [2.45, 2.75) is 12.8 Å². The van der Waals surface area contributed by atoms with E-state index >= 15 is 0 Å². The maximum atomic E-state index is 3.61. The van der Waals surface area contributed by atoms with E-state index in [1.807, 2.05) is 0 Å². The van der Waals surface area contributed by atoms with Gasteiger partial charge in [0, 0.05) is 0 Å². The second-order valence-corrected chi connectivity index (χ2v) is 9.26. The first-order chi connectivity index (χ1) is 15.8. The van der Waals surface area contributed by atoms with E-state index in [-0.39, 0.29) is 12.4 Å². The van der Waals surface area contributed by atoms with E-state index < -0.39 is 0 Å². The van der Waals surface area contributed by atoms with Crippen molar-refractivity contribution in [2.75, 3.05) is 0 Å². The van der Waals surface area contributed by atoms with Crippen LogP contribution in [0.2, 0.25) is 0 Å². The number of hydrogen-bond donors (Lipinski definition) is 0.